The molecule has 116 valence electrons. The van der Waals surface area contributed by atoms with E-state index in [1.165, 1.54) is 20.4 Å². The molecule has 0 bridgehead atoms. The molecule has 2 rings (SSSR count). The number of nitrogens with zero attached hydrogens (tertiary/aromatic N) is 3. The van der Waals surface area contributed by atoms with E-state index in [0.29, 0.717) is 11.3 Å². The van der Waals surface area contributed by atoms with E-state index in [2.05, 4.69) is 15.3 Å². The molecule has 0 saturated heterocycles. The average Bonchev–Trinajstić information content (AvgIpc) is 2.55. The van der Waals surface area contributed by atoms with Crippen molar-refractivity contribution >= 4 is 17.3 Å². The Balaban J connectivity index is 2.18. The van der Waals surface area contributed by atoms with Gasteiger partial charge in [0.05, 0.1) is 20.4 Å². The quantitative estimate of drug-likeness (QED) is 0.907. The lowest BCUT2D eigenvalue weighted by Crippen LogP contribution is -2.14. The van der Waals surface area contributed by atoms with Crippen LogP contribution in [0.25, 0.3) is 0 Å². The molecule has 0 aliphatic rings. The summed E-state index contributed by atoms with van der Waals surface area (Å²) in [7, 11) is 6.80. The summed E-state index contributed by atoms with van der Waals surface area (Å²) in [5.41, 5.74) is 1.93. The first-order valence-corrected chi connectivity index (χ1v) is 6.59. The van der Waals surface area contributed by atoms with Crippen LogP contribution in [-0.4, -0.2) is 44.2 Å². The summed E-state index contributed by atoms with van der Waals surface area (Å²) in [6, 6.07) is 7.42. The molecule has 1 heterocycles. The van der Waals surface area contributed by atoms with E-state index in [1.807, 2.05) is 31.1 Å². The van der Waals surface area contributed by atoms with Crippen molar-refractivity contribution in [3.05, 3.63) is 36.0 Å². The Bertz CT molecular complexity index is 656. The van der Waals surface area contributed by atoms with Crippen LogP contribution in [0.2, 0.25) is 0 Å². The number of methoxy groups -OCH3 is 2. The topological polar surface area (TPSA) is 76.6 Å². The summed E-state index contributed by atoms with van der Waals surface area (Å²) in [6.07, 6.45) is 1.44. The third-order valence-corrected chi connectivity index (χ3v) is 3.00. The monoisotopic (exact) mass is 302 g/mol. The fraction of sp³-hybridized carbons (Fsp3) is 0.267. The lowest BCUT2D eigenvalue weighted by molar-refractivity contribution is 0.102. The first kappa shape index (κ1) is 15.6. The Morgan fingerprint density at radius 2 is 1.82 bits per heavy atom. The molecule has 7 heteroatoms. The van der Waals surface area contributed by atoms with Gasteiger partial charge in [0.1, 0.15) is 5.69 Å². The summed E-state index contributed by atoms with van der Waals surface area (Å²) < 4.78 is 10.0. The number of carbonyl (C=O) groups is 1. The van der Waals surface area contributed by atoms with Crippen LogP contribution >= 0.6 is 0 Å². The van der Waals surface area contributed by atoms with Crippen LogP contribution in [0.15, 0.2) is 30.5 Å². The van der Waals surface area contributed by atoms with Gasteiger partial charge in [-0.3, -0.25) is 4.79 Å². The number of amides is 1. The van der Waals surface area contributed by atoms with Crippen LogP contribution in [0, 0.1) is 0 Å². The first-order valence-electron chi connectivity index (χ1n) is 6.59. The number of aromatic nitrogens is 2. The van der Waals surface area contributed by atoms with Gasteiger partial charge in [-0.15, -0.1) is 0 Å². The number of hydrogen-bond acceptors (Lipinski definition) is 6. The zero-order chi connectivity index (χ0) is 16.1. The average molecular weight is 302 g/mol. The third kappa shape index (κ3) is 3.43. The maximum Gasteiger partial charge on any atom is 0.319 e. The number of carbonyl (C=O) groups excluding carboxylic acids is 1. The normalized spacial score (nSPS) is 10.0. The second-order valence-electron chi connectivity index (χ2n) is 4.68. The number of nitrogens with one attached hydrogen (secondary N) is 1. The molecule has 0 aliphatic heterocycles. The zero-order valence-electron chi connectivity index (χ0n) is 13.0. The zero-order valence-corrected chi connectivity index (χ0v) is 13.0. The molecule has 0 unspecified atom stereocenters. The van der Waals surface area contributed by atoms with Gasteiger partial charge in [0.2, 0.25) is 5.88 Å². The second kappa shape index (κ2) is 6.75. The van der Waals surface area contributed by atoms with Gasteiger partial charge in [0.25, 0.3) is 5.91 Å². The highest BCUT2D eigenvalue weighted by molar-refractivity contribution is 6.04. The van der Waals surface area contributed by atoms with Crippen molar-refractivity contribution in [3.8, 4) is 11.9 Å². The van der Waals surface area contributed by atoms with E-state index in [0.717, 1.165) is 5.69 Å². The van der Waals surface area contributed by atoms with Crippen LogP contribution < -0.4 is 19.7 Å². The molecule has 2 aromatic rings. The van der Waals surface area contributed by atoms with Crippen molar-refractivity contribution in [3.63, 3.8) is 0 Å². The van der Waals surface area contributed by atoms with E-state index in [-0.39, 0.29) is 17.8 Å². The van der Waals surface area contributed by atoms with Crippen molar-refractivity contribution in [1.82, 2.24) is 9.97 Å². The molecule has 1 aromatic carbocycles. The maximum absolute atomic E-state index is 12.3. The highest BCUT2D eigenvalue weighted by Gasteiger charge is 2.13. The lowest BCUT2D eigenvalue weighted by Gasteiger charge is -2.13. The Morgan fingerprint density at radius 3 is 2.36 bits per heavy atom. The van der Waals surface area contributed by atoms with Gasteiger partial charge in [-0.1, -0.05) is 0 Å². The van der Waals surface area contributed by atoms with Crippen molar-refractivity contribution in [2.24, 2.45) is 0 Å². The van der Waals surface area contributed by atoms with E-state index >= 15 is 0 Å². The number of ether oxygens (including phenoxy) is 2. The molecule has 0 fully saturated rings. The smallest absolute Gasteiger partial charge is 0.319 e. The molecule has 0 spiro atoms. The molecule has 0 aliphatic carbocycles. The van der Waals surface area contributed by atoms with E-state index < -0.39 is 0 Å². The Morgan fingerprint density at radius 1 is 1.14 bits per heavy atom. The molecule has 0 atom stereocenters. The molecule has 0 saturated carbocycles. The highest BCUT2D eigenvalue weighted by Crippen LogP contribution is 2.23. The standard InChI is InChI=1S/C15H18N4O3/c1-19(2)11-7-5-10(6-8-11)13(20)17-12-9-16-15(22-4)18-14(12)21-3/h5-9H,1-4H3,(H,17,20). The summed E-state index contributed by atoms with van der Waals surface area (Å²) in [6.45, 7) is 0. The summed E-state index contributed by atoms with van der Waals surface area (Å²) in [5.74, 6) is -0.0255. The molecule has 0 radical (unpaired) electrons. The Kier molecular flexibility index (Phi) is 4.77. The number of anilines is 2. The third-order valence-electron chi connectivity index (χ3n) is 3.00. The highest BCUT2D eigenvalue weighted by atomic mass is 16.5. The molecular formula is C15H18N4O3. The summed E-state index contributed by atoms with van der Waals surface area (Å²) in [5, 5.41) is 2.72. The van der Waals surface area contributed by atoms with Gasteiger partial charge in [-0.25, -0.2) is 4.98 Å². The SMILES string of the molecule is COc1ncc(NC(=O)c2ccc(N(C)C)cc2)c(OC)n1. The van der Waals surface area contributed by atoms with Crippen LogP contribution in [0.5, 0.6) is 11.9 Å². The number of benzene rings is 1. The van der Waals surface area contributed by atoms with Crippen molar-refractivity contribution < 1.29 is 14.3 Å². The predicted octanol–water partition coefficient (Wildman–Crippen LogP) is 1.81. The van der Waals surface area contributed by atoms with Gasteiger partial charge in [0.15, 0.2) is 0 Å². The Labute approximate surface area is 128 Å². The molecule has 1 N–H and O–H groups in total. The molecule has 1 aromatic heterocycles. The van der Waals surface area contributed by atoms with E-state index in [9.17, 15) is 4.79 Å². The van der Waals surface area contributed by atoms with Crippen LogP contribution in [0.1, 0.15) is 10.4 Å². The molecule has 1 amide bonds. The minimum atomic E-state index is -0.266. The number of hydrogen-bond donors (Lipinski definition) is 1. The predicted molar refractivity (Wildman–Crippen MR) is 83.9 cm³/mol. The molecular weight excluding hydrogens is 284 g/mol. The van der Waals surface area contributed by atoms with E-state index in [1.54, 1.807) is 12.1 Å². The van der Waals surface area contributed by atoms with Crippen LogP contribution in [0.4, 0.5) is 11.4 Å². The van der Waals surface area contributed by atoms with Crippen molar-refractivity contribution in [2.75, 3.05) is 38.5 Å². The van der Waals surface area contributed by atoms with Gasteiger partial charge >= 0.3 is 6.01 Å². The van der Waals surface area contributed by atoms with Gasteiger partial charge < -0.3 is 19.7 Å². The number of rotatable bonds is 5. The minimum absolute atomic E-state index is 0.171. The molecule has 22 heavy (non-hydrogen) atoms. The maximum atomic E-state index is 12.3. The van der Waals surface area contributed by atoms with Crippen molar-refractivity contribution in [2.45, 2.75) is 0 Å². The van der Waals surface area contributed by atoms with Crippen molar-refractivity contribution in [1.29, 1.82) is 0 Å². The fourth-order valence-corrected chi connectivity index (χ4v) is 1.80. The van der Waals surface area contributed by atoms with E-state index in [4.69, 9.17) is 9.47 Å². The first-order chi connectivity index (χ1) is 10.5. The van der Waals surface area contributed by atoms with Crippen LogP contribution in [0.3, 0.4) is 0 Å². The Hall–Kier alpha value is -2.83. The van der Waals surface area contributed by atoms with Gasteiger partial charge in [-0.05, 0) is 24.3 Å². The summed E-state index contributed by atoms with van der Waals surface area (Å²) >= 11 is 0. The largest absolute Gasteiger partial charge is 0.479 e. The summed E-state index contributed by atoms with van der Waals surface area (Å²) in [4.78, 5) is 22.2. The van der Waals surface area contributed by atoms with Gasteiger partial charge in [-0.2, -0.15) is 4.98 Å². The van der Waals surface area contributed by atoms with Gasteiger partial charge in [0, 0.05) is 25.3 Å². The minimum Gasteiger partial charge on any atom is -0.479 e. The van der Waals surface area contributed by atoms with Crippen LogP contribution in [-0.2, 0) is 0 Å². The molecule has 7 nitrogen and oxygen atoms in total. The lowest BCUT2D eigenvalue weighted by atomic mass is 10.2. The fourth-order valence-electron chi connectivity index (χ4n) is 1.80. The second-order valence-corrected chi connectivity index (χ2v) is 4.68.